The van der Waals surface area contributed by atoms with E-state index in [9.17, 15) is 5.11 Å². The molecule has 4 heteroatoms. The minimum Gasteiger partial charge on any atom is -0.505 e. The SMILES string of the molecule is N#Cc1c(Br)ccc(Cl)c1O. The molecule has 56 valence electrons. The van der Waals surface area contributed by atoms with Crippen molar-refractivity contribution in [3.8, 4) is 11.8 Å². The zero-order chi connectivity index (χ0) is 8.43. The minimum absolute atomic E-state index is 0.164. The molecule has 1 aromatic carbocycles. The average molecular weight is 232 g/mol. The van der Waals surface area contributed by atoms with Crippen molar-refractivity contribution in [1.29, 1.82) is 5.26 Å². The second-order valence-corrected chi connectivity index (χ2v) is 3.13. The van der Waals surface area contributed by atoms with Gasteiger partial charge in [0.1, 0.15) is 11.6 Å². The number of nitriles is 1. The normalized spacial score (nSPS) is 9.18. The maximum Gasteiger partial charge on any atom is 0.153 e. The fourth-order valence-corrected chi connectivity index (χ4v) is 1.21. The molecule has 0 saturated heterocycles. The summed E-state index contributed by atoms with van der Waals surface area (Å²) in [5, 5.41) is 17.9. The Balaban J connectivity index is 3.44. The van der Waals surface area contributed by atoms with Crippen molar-refractivity contribution in [3.63, 3.8) is 0 Å². The highest BCUT2D eigenvalue weighted by atomic mass is 79.9. The van der Waals surface area contributed by atoms with Gasteiger partial charge in [0.05, 0.1) is 5.02 Å². The van der Waals surface area contributed by atoms with Gasteiger partial charge in [0, 0.05) is 4.47 Å². The van der Waals surface area contributed by atoms with Crippen LogP contribution in [0.2, 0.25) is 5.02 Å². The van der Waals surface area contributed by atoms with Gasteiger partial charge in [-0.2, -0.15) is 5.26 Å². The predicted octanol–water partition coefficient (Wildman–Crippen LogP) is 2.68. The molecular formula is C7H3BrClNO. The standard InChI is InChI=1S/C7H3BrClNO/c8-5-1-2-6(9)7(11)4(5)3-10/h1-2,11H. The zero-order valence-corrected chi connectivity index (χ0v) is 7.65. The Morgan fingerprint density at radius 3 is 2.64 bits per heavy atom. The van der Waals surface area contributed by atoms with Gasteiger partial charge in [0.2, 0.25) is 0 Å². The highest BCUT2D eigenvalue weighted by Gasteiger charge is 2.08. The molecule has 0 atom stereocenters. The van der Waals surface area contributed by atoms with E-state index in [4.69, 9.17) is 16.9 Å². The molecule has 0 radical (unpaired) electrons. The topological polar surface area (TPSA) is 44.0 Å². The van der Waals surface area contributed by atoms with Crippen molar-refractivity contribution in [1.82, 2.24) is 0 Å². The highest BCUT2D eigenvalue weighted by molar-refractivity contribution is 9.10. The molecule has 1 aromatic rings. The lowest BCUT2D eigenvalue weighted by Crippen LogP contribution is -1.79. The van der Waals surface area contributed by atoms with Crippen LogP contribution < -0.4 is 0 Å². The van der Waals surface area contributed by atoms with Crippen LogP contribution in [0, 0.1) is 11.3 Å². The van der Waals surface area contributed by atoms with Crippen molar-refractivity contribution in [2.45, 2.75) is 0 Å². The van der Waals surface area contributed by atoms with Gasteiger partial charge in [-0.3, -0.25) is 0 Å². The first-order valence-corrected chi connectivity index (χ1v) is 3.91. The average Bonchev–Trinajstić information content (AvgIpc) is 1.99. The van der Waals surface area contributed by atoms with Crippen molar-refractivity contribution >= 4 is 27.5 Å². The number of benzene rings is 1. The van der Waals surface area contributed by atoms with Gasteiger partial charge in [0.15, 0.2) is 5.75 Å². The van der Waals surface area contributed by atoms with Crippen molar-refractivity contribution < 1.29 is 5.11 Å². The van der Waals surface area contributed by atoms with Crippen molar-refractivity contribution in [3.05, 3.63) is 27.2 Å². The van der Waals surface area contributed by atoms with Crippen molar-refractivity contribution in [2.75, 3.05) is 0 Å². The number of hydrogen-bond donors (Lipinski definition) is 1. The van der Waals surface area contributed by atoms with Gasteiger partial charge in [-0.05, 0) is 28.1 Å². The molecule has 0 unspecified atom stereocenters. The van der Waals surface area contributed by atoms with Crippen LogP contribution in [0.25, 0.3) is 0 Å². The number of rotatable bonds is 0. The van der Waals surface area contributed by atoms with Gasteiger partial charge in [-0.1, -0.05) is 11.6 Å². The maximum absolute atomic E-state index is 9.19. The van der Waals surface area contributed by atoms with Gasteiger partial charge < -0.3 is 5.11 Å². The summed E-state index contributed by atoms with van der Waals surface area (Å²) < 4.78 is 0.543. The van der Waals surface area contributed by atoms with Crippen LogP contribution in [-0.2, 0) is 0 Å². The monoisotopic (exact) mass is 231 g/mol. The molecule has 0 amide bonds. The van der Waals surface area contributed by atoms with E-state index in [0.29, 0.717) is 4.47 Å². The summed E-state index contributed by atoms with van der Waals surface area (Å²) in [7, 11) is 0. The van der Waals surface area contributed by atoms with Crippen LogP contribution in [0.15, 0.2) is 16.6 Å². The molecule has 0 bridgehead atoms. The van der Waals surface area contributed by atoms with E-state index < -0.39 is 0 Å². The number of phenols is 1. The van der Waals surface area contributed by atoms with Gasteiger partial charge in [0.25, 0.3) is 0 Å². The summed E-state index contributed by atoms with van der Waals surface area (Å²) >= 11 is 8.64. The number of hydrogen-bond acceptors (Lipinski definition) is 2. The lowest BCUT2D eigenvalue weighted by Gasteiger charge is -1.99. The number of aromatic hydroxyl groups is 1. The molecule has 0 fully saturated rings. The lowest BCUT2D eigenvalue weighted by atomic mass is 10.2. The number of phenolic OH excluding ortho intramolecular Hbond substituents is 1. The van der Waals surface area contributed by atoms with Gasteiger partial charge in [-0.25, -0.2) is 0 Å². The molecule has 0 aromatic heterocycles. The molecule has 11 heavy (non-hydrogen) atoms. The molecule has 0 saturated carbocycles. The summed E-state index contributed by atoms with van der Waals surface area (Å²) in [5.74, 6) is -0.177. The first-order valence-electron chi connectivity index (χ1n) is 2.74. The predicted molar refractivity (Wildman–Crippen MR) is 45.5 cm³/mol. The summed E-state index contributed by atoms with van der Waals surface area (Å²) in [6, 6.07) is 4.95. The van der Waals surface area contributed by atoms with E-state index in [1.54, 1.807) is 6.07 Å². The van der Waals surface area contributed by atoms with Crippen LogP contribution in [0.1, 0.15) is 5.56 Å². The Kier molecular flexibility index (Phi) is 2.38. The Bertz CT molecular complexity index is 332. The van der Waals surface area contributed by atoms with Gasteiger partial charge in [-0.15, -0.1) is 0 Å². The molecule has 2 nitrogen and oxygen atoms in total. The first kappa shape index (κ1) is 8.38. The summed E-state index contributed by atoms with van der Waals surface area (Å²) in [4.78, 5) is 0. The maximum atomic E-state index is 9.19. The van der Waals surface area contributed by atoms with E-state index in [2.05, 4.69) is 15.9 Å². The Hall–Kier alpha value is -0.720. The van der Waals surface area contributed by atoms with E-state index in [1.807, 2.05) is 6.07 Å². The molecule has 0 aliphatic carbocycles. The number of nitrogens with zero attached hydrogens (tertiary/aromatic N) is 1. The molecule has 1 rings (SSSR count). The van der Waals surface area contributed by atoms with Crippen molar-refractivity contribution in [2.24, 2.45) is 0 Å². The first-order chi connectivity index (χ1) is 5.16. The smallest absolute Gasteiger partial charge is 0.153 e. The van der Waals surface area contributed by atoms with Crippen LogP contribution in [0.4, 0.5) is 0 Å². The second-order valence-electron chi connectivity index (χ2n) is 1.86. The van der Waals surface area contributed by atoms with E-state index in [1.165, 1.54) is 6.07 Å². The van der Waals surface area contributed by atoms with Crippen LogP contribution >= 0.6 is 27.5 Å². The molecule has 1 N–H and O–H groups in total. The fourth-order valence-electron chi connectivity index (χ4n) is 0.647. The third-order valence-electron chi connectivity index (χ3n) is 1.19. The van der Waals surface area contributed by atoms with E-state index >= 15 is 0 Å². The third-order valence-corrected chi connectivity index (χ3v) is 2.16. The van der Waals surface area contributed by atoms with Gasteiger partial charge >= 0.3 is 0 Å². The Morgan fingerprint density at radius 2 is 2.18 bits per heavy atom. The zero-order valence-electron chi connectivity index (χ0n) is 5.31. The Labute approximate surface area is 77.2 Å². The van der Waals surface area contributed by atoms with Crippen LogP contribution in [-0.4, -0.2) is 5.11 Å². The third kappa shape index (κ3) is 1.47. The van der Waals surface area contributed by atoms with Crippen LogP contribution in [0.5, 0.6) is 5.75 Å². The summed E-state index contributed by atoms with van der Waals surface area (Å²) in [5.41, 5.74) is 0.164. The summed E-state index contributed by atoms with van der Waals surface area (Å²) in [6.45, 7) is 0. The highest BCUT2D eigenvalue weighted by Crippen LogP contribution is 2.31. The lowest BCUT2D eigenvalue weighted by molar-refractivity contribution is 0.473. The van der Waals surface area contributed by atoms with Crippen LogP contribution in [0.3, 0.4) is 0 Å². The summed E-state index contributed by atoms with van der Waals surface area (Å²) in [6.07, 6.45) is 0. The minimum atomic E-state index is -0.177. The molecular weight excluding hydrogens is 229 g/mol. The number of halogens is 2. The second kappa shape index (κ2) is 3.12. The largest absolute Gasteiger partial charge is 0.505 e. The van der Waals surface area contributed by atoms with E-state index in [-0.39, 0.29) is 16.3 Å². The Morgan fingerprint density at radius 1 is 1.55 bits per heavy atom. The molecule has 0 heterocycles. The molecule has 0 aliphatic rings. The fraction of sp³-hybridized carbons (Fsp3) is 0. The molecule has 0 spiro atoms. The molecule has 0 aliphatic heterocycles. The quantitative estimate of drug-likeness (QED) is 0.747. The van der Waals surface area contributed by atoms with E-state index in [0.717, 1.165) is 0 Å².